The summed E-state index contributed by atoms with van der Waals surface area (Å²) in [5.74, 6) is -0.575. The molecule has 122 valence electrons. The van der Waals surface area contributed by atoms with Crippen LogP contribution in [0.3, 0.4) is 0 Å². The molecule has 1 aliphatic heterocycles. The van der Waals surface area contributed by atoms with Crippen LogP contribution < -0.4 is 4.90 Å². The van der Waals surface area contributed by atoms with E-state index < -0.39 is 0 Å². The van der Waals surface area contributed by atoms with E-state index in [1.807, 2.05) is 73.0 Å². The number of hydrogen-bond acceptors (Lipinski definition) is 3. The summed E-state index contributed by atoms with van der Waals surface area (Å²) in [6, 6.07) is 18.6. The number of fused-ring (bicyclic) bond motifs is 1. The van der Waals surface area contributed by atoms with Gasteiger partial charge in [-0.3, -0.25) is 9.59 Å². The maximum absolute atomic E-state index is 13.2. The molecule has 0 saturated heterocycles. The van der Waals surface area contributed by atoms with Crippen molar-refractivity contribution in [3.63, 3.8) is 0 Å². The zero-order chi connectivity index (χ0) is 17.4. The van der Waals surface area contributed by atoms with Gasteiger partial charge in [0.15, 0.2) is 0 Å². The largest absolute Gasteiger partial charge is 0.268 e. The Morgan fingerprint density at radius 3 is 2.24 bits per heavy atom. The fourth-order valence-corrected chi connectivity index (χ4v) is 3.59. The lowest BCUT2D eigenvalue weighted by Gasteiger charge is -2.28. The summed E-state index contributed by atoms with van der Waals surface area (Å²) >= 11 is 1.56. The molecule has 2 amide bonds. The molecule has 2 aromatic carbocycles. The second-order valence-corrected chi connectivity index (χ2v) is 6.88. The number of thiophene rings is 1. The molecule has 0 unspecified atom stereocenters. The van der Waals surface area contributed by atoms with Crippen LogP contribution in [0.15, 0.2) is 66.0 Å². The van der Waals surface area contributed by atoms with E-state index in [-0.39, 0.29) is 11.8 Å². The van der Waals surface area contributed by atoms with E-state index in [0.717, 1.165) is 10.4 Å². The Morgan fingerprint density at radius 1 is 0.840 bits per heavy atom. The highest BCUT2D eigenvalue weighted by atomic mass is 32.1. The Balaban J connectivity index is 1.90. The van der Waals surface area contributed by atoms with E-state index in [2.05, 4.69) is 0 Å². The van der Waals surface area contributed by atoms with Gasteiger partial charge in [-0.1, -0.05) is 42.0 Å². The van der Waals surface area contributed by atoms with Gasteiger partial charge < -0.3 is 0 Å². The van der Waals surface area contributed by atoms with Gasteiger partial charge in [0.2, 0.25) is 0 Å². The molecule has 3 nitrogen and oxygen atoms in total. The number of nitrogens with zero attached hydrogens (tertiary/aromatic N) is 1. The van der Waals surface area contributed by atoms with E-state index >= 15 is 0 Å². The van der Waals surface area contributed by atoms with E-state index in [0.29, 0.717) is 22.4 Å². The van der Waals surface area contributed by atoms with Crippen LogP contribution in [0.5, 0.6) is 0 Å². The fourth-order valence-electron chi connectivity index (χ4n) is 2.94. The van der Waals surface area contributed by atoms with Crippen molar-refractivity contribution >= 4 is 40.5 Å². The maximum Gasteiger partial charge on any atom is 0.266 e. The van der Waals surface area contributed by atoms with E-state index in [9.17, 15) is 9.59 Å². The minimum absolute atomic E-state index is 0.284. The number of hydrogen-bond donors (Lipinski definition) is 0. The number of aryl methyl sites for hydroxylation is 1. The van der Waals surface area contributed by atoms with Crippen LogP contribution in [-0.4, -0.2) is 11.8 Å². The van der Waals surface area contributed by atoms with Crippen molar-refractivity contribution in [2.45, 2.75) is 6.92 Å². The third-order valence-corrected chi connectivity index (χ3v) is 5.03. The lowest BCUT2D eigenvalue weighted by atomic mass is 9.92. The molecular weight excluding hydrogens is 330 g/mol. The predicted octanol–water partition coefficient (Wildman–Crippen LogP) is 4.78. The average molecular weight is 345 g/mol. The molecule has 0 bridgehead atoms. The highest BCUT2D eigenvalue weighted by molar-refractivity contribution is 7.11. The summed E-state index contributed by atoms with van der Waals surface area (Å²) in [6.07, 6.45) is 1.86. The summed E-state index contributed by atoms with van der Waals surface area (Å²) in [5.41, 5.74) is 3.44. The molecule has 1 aromatic heterocycles. The second-order valence-electron chi connectivity index (χ2n) is 5.90. The number of carbonyl (C=O) groups is 2. The first-order valence-corrected chi connectivity index (χ1v) is 8.83. The van der Waals surface area contributed by atoms with Gasteiger partial charge in [0.1, 0.15) is 0 Å². The molecule has 0 saturated carbocycles. The van der Waals surface area contributed by atoms with E-state index in [1.165, 1.54) is 4.90 Å². The molecule has 4 heteroatoms. The van der Waals surface area contributed by atoms with Gasteiger partial charge in [0.25, 0.3) is 11.8 Å². The Morgan fingerprint density at radius 2 is 1.56 bits per heavy atom. The van der Waals surface area contributed by atoms with Crippen molar-refractivity contribution in [3.05, 3.63) is 87.6 Å². The lowest BCUT2D eigenvalue weighted by Crippen LogP contribution is -2.41. The standard InChI is InChI=1S/C21H15NO2S/c1-14-8-10-15(11-9-14)22-20(23)18-7-3-2-6-17(18)19(21(22)24)13-16-5-4-12-25-16/h2-13H,1H3. The quantitative estimate of drug-likeness (QED) is 0.495. The van der Waals surface area contributed by atoms with E-state index in [4.69, 9.17) is 0 Å². The van der Waals surface area contributed by atoms with Crippen LogP contribution in [0.25, 0.3) is 11.6 Å². The fraction of sp³-hybridized carbons (Fsp3) is 0.0476. The molecular formula is C21H15NO2S. The van der Waals surface area contributed by atoms with Crippen LogP contribution in [0.2, 0.25) is 0 Å². The van der Waals surface area contributed by atoms with Crippen molar-refractivity contribution in [2.75, 3.05) is 4.90 Å². The minimum atomic E-state index is -0.291. The lowest BCUT2D eigenvalue weighted by molar-refractivity contribution is -0.112. The Kier molecular flexibility index (Phi) is 3.82. The molecule has 2 heterocycles. The third kappa shape index (κ3) is 2.71. The Labute approximate surface area is 149 Å². The first kappa shape index (κ1) is 15.5. The predicted molar refractivity (Wildman–Crippen MR) is 102 cm³/mol. The highest BCUT2D eigenvalue weighted by Gasteiger charge is 2.35. The number of amides is 2. The SMILES string of the molecule is Cc1ccc(N2C(=O)C(=Cc3cccs3)c3ccccc3C2=O)cc1. The van der Waals surface area contributed by atoms with Crippen molar-refractivity contribution in [3.8, 4) is 0 Å². The van der Waals surface area contributed by atoms with Crippen molar-refractivity contribution in [2.24, 2.45) is 0 Å². The molecule has 0 aliphatic carbocycles. The second kappa shape index (κ2) is 6.15. The third-order valence-electron chi connectivity index (χ3n) is 4.21. The molecule has 0 N–H and O–H groups in total. The van der Waals surface area contributed by atoms with Crippen molar-refractivity contribution in [1.82, 2.24) is 0 Å². The maximum atomic E-state index is 13.2. The van der Waals surface area contributed by atoms with Crippen LogP contribution in [0.4, 0.5) is 5.69 Å². The van der Waals surface area contributed by atoms with Gasteiger partial charge in [-0.05, 0) is 42.6 Å². The summed E-state index contributed by atoms with van der Waals surface area (Å²) in [7, 11) is 0. The molecule has 25 heavy (non-hydrogen) atoms. The summed E-state index contributed by atoms with van der Waals surface area (Å²) in [4.78, 5) is 28.3. The first-order valence-electron chi connectivity index (χ1n) is 7.95. The normalized spacial score (nSPS) is 15.6. The number of imide groups is 1. The average Bonchev–Trinajstić information content (AvgIpc) is 3.14. The zero-order valence-electron chi connectivity index (χ0n) is 13.6. The Bertz CT molecular complexity index is 985. The number of rotatable bonds is 2. The summed E-state index contributed by atoms with van der Waals surface area (Å²) in [5, 5.41) is 1.97. The number of benzene rings is 2. The molecule has 0 fully saturated rings. The molecule has 0 atom stereocenters. The van der Waals surface area contributed by atoms with Crippen molar-refractivity contribution in [1.29, 1.82) is 0 Å². The highest BCUT2D eigenvalue weighted by Crippen LogP contribution is 2.33. The molecule has 1 aliphatic rings. The molecule has 0 radical (unpaired) electrons. The smallest absolute Gasteiger partial charge is 0.266 e. The molecule has 0 spiro atoms. The summed E-state index contributed by atoms with van der Waals surface area (Å²) < 4.78 is 0. The molecule has 4 rings (SSSR count). The van der Waals surface area contributed by atoms with Gasteiger partial charge in [-0.15, -0.1) is 11.3 Å². The Hall–Kier alpha value is -2.98. The monoisotopic (exact) mass is 345 g/mol. The summed E-state index contributed by atoms with van der Waals surface area (Å²) in [6.45, 7) is 1.97. The van der Waals surface area contributed by atoms with Crippen LogP contribution in [0, 0.1) is 6.92 Å². The minimum Gasteiger partial charge on any atom is -0.268 e. The molecule has 3 aromatic rings. The van der Waals surface area contributed by atoms with Gasteiger partial charge in [-0.25, -0.2) is 4.90 Å². The van der Waals surface area contributed by atoms with Crippen LogP contribution in [0.1, 0.15) is 26.4 Å². The van der Waals surface area contributed by atoms with Gasteiger partial charge in [0.05, 0.1) is 5.69 Å². The number of anilines is 1. The zero-order valence-corrected chi connectivity index (χ0v) is 14.4. The topological polar surface area (TPSA) is 37.4 Å². The van der Waals surface area contributed by atoms with Crippen LogP contribution >= 0.6 is 11.3 Å². The first-order chi connectivity index (χ1) is 12.1. The number of carbonyl (C=O) groups excluding carboxylic acids is 2. The van der Waals surface area contributed by atoms with Gasteiger partial charge in [0, 0.05) is 21.6 Å². The van der Waals surface area contributed by atoms with Gasteiger partial charge in [-0.2, -0.15) is 0 Å². The van der Waals surface area contributed by atoms with Crippen LogP contribution in [-0.2, 0) is 4.79 Å². The van der Waals surface area contributed by atoms with Gasteiger partial charge >= 0.3 is 0 Å². The van der Waals surface area contributed by atoms with Crippen molar-refractivity contribution < 1.29 is 9.59 Å². The van der Waals surface area contributed by atoms with E-state index in [1.54, 1.807) is 17.4 Å².